The fourth-order valence-electron chi connectivity index (χ4n) is 2.08. The molecule has 2 aromatic rings. The highest BCUT2D eigenvalue weighted by molar-refractivity contribution is 7.80. The summed E-state index contributed by atoms with van der Waals surface area (Å²) in [6, 6.07) is 14.7. The van der Waals surface area contributed by atoms with E-state index in [0.29, 0.717) is 17.9 Å². The van der Waals surface area contributed by atoms with E-state index in [2.05, 4.69) is 16.2 Å². The van der Waals surface area contributed by atoms with Crippen LogP contribution in [0.4, 0.5) is 5.69 Å². The molecule has 2 aromatic carbocycles. The van der Waals surface area contributed by atoms with Crippen molar-refractivity contribution in [1.82, 2.24) is 10.9 Å². The summed E-state index contributed by atoms with van der Waals surface area (Å²) >= 11 is 11.0. The lowest BCUT2D eigenvalue weighted by atomic mass is 10.1. The van der Waals surface area contributed by atoms with E-state index in [1.165, 1.54) is 0 Å². The van der Waals surface area contributed by atoms with Crippen LogP contribution in [0.1, 0.15) is 12.0 Å². The molecule has 0 spiro atoms. The summed E-state index contributed by atoms with van der Waals surface area (Å²) in [6.07, 6.45) is 0.888. The molecule has 0 aromatic heterocycles. The molecule has 0 aliphatic heterocycles. The van der Waals surface area contributed by atoms with E-state index in [-0.39, 0.29) is 11.0 Å². The summed E-state index contributed by atoms with van der Waals surface area (Å²) in [5.74, 6) is 0.604. The molecular weight excluding hydrogens is 346 g/mol. The number of methoxy groups -OCH3 is 1. The fourth-order valence-corrected chi connectivity index (χ4v) is 2.43. The van der Waals surface area contributed by atoms with Gasteiger partial charge in [0.25, 0.3) is 0 Å². The summed E-state index contributed by atoms with van der Waals surface area (Å²) in [6.45, 7) is 0. The van der Waals surface area contributed by atoms with Gasteiger partial charge in [-0.25, -0.2) is 0 Å². The third-order valence-corrected chi connectivity index (χ3v) is 3.65. The molecule has 2 rings (SSSR count). The van der Waals surface area contributed by atoms with Crippen LogP contribution in [0.3, 0.4) is 0 Å². The second-order valence-corrected chi connectivity index (χ2v) is 5.79. The first-order valence-corrected chi connectivity index (χ1v) is 8.10. The first kappa shape index (κ1) is 18.0. The van der Waals surface area contributed by atoms with Gasteiger partial charge in [0.2, 0.25) is 5.91 Å². The van der Waals surface area contributed by atoms with E-state index in [4.69, 9.17) is 28.6 Å². The molecule has 0 bridgehead atoms. The Morgan fingerprint density at radius 1 is 1.17 bits per heavy atom. The van der Waals surface area contributed by atoms with Crippen molar-refractivity contribution in [2.45, 2.75) is 12.8 Å². The predicted octanol–water partition coefficient (Wildman–Crippen LogP) is 3.30. The Labute approximate surface area is 151 Å². The van der Waals surface area contributed by atoms with Crippen molar-refractivity contribution >= 4 is 40.5 Å². The molecule has 24 heavy (non-hydrogen) atoms. The molecule has 0 aliphatic rings. The van der Waals surface area contributed by atoms with Crippen LogP contribution in [-0.4, -0.2) is 18.1 Å². The number of hydrogen-bond donors (Lipinski definition) is 3. The lowest BCUT2D eigenvalue weighted by Gasteiger charge is -2.12. The number of halogens is 1. The minimum absolute atomic E-state index is 0.170. The van der Waals surface area contributed by atoms with Gasteiger partial charge < -0.3 is 10.1 Å². The summed E-state index contributed by atoms with van der Waals surface area (Å²) in [4.78, 5) is 11.9. The Morgan fingerprint density at radius 2 is 1.96 bits per heavy atom. The molecule has 5 nitrogen and oxygen atoms in total. The summed E-state index contributed by atoms with van der Waals surface area (Å²) in [7, 11) is 1.61. The van der Waals surface area contributed by atoms with Crippen LogP contribution in [0.15, 0.2) is 48.5 Å². The number of benzene rings is 2. The minimum atomic E-state index is -0.170. The number of amides is 1. The van der Waals surface area contributed by atoms with Crippen LogP contribution in [0, 0.1) is 0 Å². The number of aryl methyl sites for hydroxylation is 1. The highest BCUT2D eigenvalue weighted by Crippen LogP contribution is 2.18. The maximum atomic E-state index is 11.9. The molecule has 0 saturated carbocycles. The number of ether oxygens (including phenoxy) is 1. The van der Waals surface area contributed by atoms with Gasteiger partial charge >= 0.3 is 0 Å². The number of hydrogen-bond acceptors (Lipinski definition) is 3. The van der Waals surface area contributed by atoms with E-state index in [1.54, 1.807) is 25.3 Å². The van der Waals surface area contributed by atoms with Crippen molar-refractivity contribution < 1.29 is 9.53 Å². The van der Waals surface area contributed by atoms with E-state index in [9.17, 15) is 4.79 Å². The van der Waals surface area contributed by atoms with Gasteiger partial charge in [-0.1, -0.05) is 35.9 Å². The molecule has 0 atom stereocenters. The number of thiocarbonyl (C=S) groups is 1. The lowest BCUT2D eigenvalue weighted by molar-refractivity contribution is -0.121. The Bertz CT molecular complexity index is 724. The second kappa shape index (κ2) is 9.10. The van der Waals surface area contributed by atoms with Crippen LogP contribution in [-0.2, 0) is 11.2 Å². The third-order valence-electron chi connectivity index (χ3n) is 3.21. The number of rotatable bonds is 5. The molecule has 0 radical (unpaired) electrons. The molecular formula is C17H18ClN3O2S. The summed E-state index contributed by atoms with van der Waals surface area (Å²) in [5, 5.41) is 3.81. The SMILES string of the molecule is COc1ccccc1CCC(=O)NNC(=S)Nc1cccc(Cl)c1. The van der Waals surface area contributed by atoms with Crippen molar-refractivity contribution in [2.75, 3.05) is 12.4 Å². The molecule has 0 aliphatic carbocycles. The van der Waals surface area contributed by atoms with Crippen molar-refractivity contribution in [1.29, 1.82) is 0 Å². The smallest absolute Gasteiger partial charge is 0.238 e. The zero-order chi connectivity index (χ0) is 17.4. The monoisotopic (exact) mass is 363 g/mol. The van der Waals surface area contributed by atoms with Crippen LogP contribution in [0.5, 0.6) is 5.75 Å². The highest BCUT2D eigenvalue weighted by Gasteiger charge is 2.06. The first-order chi connectivity index (χ1) is 11.6. The first-order valence-electron chi connectivity index (χ1n) is 7.32. The van der Waals surface area contributed by atoms with E-state index < -0.39 is 0 Å². The van der Waals surface area contributed by atoms with Gasteiger partial charge in [-0.05, 0) is 48.5 Å². The largest absolute Gasteiger partial charge is 0.496 e. The average molecular weight is 364 g/mol. The molecule has 0 heterocycles. The Kier molecular flexibility index (Phi) is 6.84. The standard InChI is InChI=1S/C17H18ClN3O2S/c1-23-15-8-3-2-5-12(15)9-10-16(22)20-21-17(24)19-14-7-4-6-13(18)11-14/h2-8,11H,9-10H2,1H3,(H,20,22)(H2,19,21,24). The van der Waals surface area contributed by atoms with Crippen molar-refractivity contribution in [3.63, 3.8) is 0 Å². The van der Waals surface area contributed by atoms with Crippen LogP contribution in [0.2, 0.25) is 5.02 Å². The molecule has 1 amide bonds. The van der Waals surface area contributed by atoms with Crippen molar-refractivity contribution in [3.05, 3.63) is 59.1 Å². The van der Waals surface area contributed by atoms with E-state index in [0.717, 1.165) is 17.0 Å². The summed E-state index contributed by atoms with van der Waals surface area (Å²) in [5.41, 5.74) is 6.94. The van der Waals surface area contributed by atoms with Crippen LogP contribution < -0.4 is 20.9 Å². The minimum Gasteiger partial charge on any atom is -0.496 e. The lowest BCUT2D eigenvalue weighted by Crippen LogP contribution is -2.43. The maximum Gasteiger partial charge on any atom is 0.238 e. The van der Waals surface area contributed by atoms with Gasteiger partial charge in [-0.3, -0.25) is 15.6 Å². The van der Waals surface area contributed by atoms with Gasteiger partial charge in [-0.15, -0.1) is 0 Å². The zero-order valence-corrected chi connectivity index (χ0v) is 14.7. The molecule has 7 heteroatoms. The topological polar surface area (TPSA) is 62.4 Å². The number of carbonyl (C=O) groups excluding carboxylic acids is 1. The van der Waals surface area contributed by atoms with Gasteiger partial charge in [-0.2, -0.15) is 0 Å². The van der Waals surface area contributed by atoms with Gasteiger partial charge in [0, 0.05) is 17.1 Å². The number of para-hydroxylation sites is 1. The molecule has 126 valence electrons. The zero-order valence-electron chi connectivity index (χ0n) is 13.1. The third kappa shape index (κ3) is 5.72. The molecule has 0 saturated heterocycles. The van der Waals surface area contributed by atoms with Gasteiger partial charge in [0.1, 0.15) is 5.75 Å². The number of hydrazine groups is 1. The van der Waals surface area contributed by atoms with Gasteiger partial charge in [0.05, 0.1) is 7.11 Å². The maximum absolute atomic E-state index is 11.9. The van der Waals surface area contributed by atoms with Gasteiger partial charge in [0.15, 0.2) is 5.11 Å². The Hall–Kier alpha value is -2.31. The predicted molar refractivity (Wildman–Crippen MR) is 100 cm³/mol. The number of nitrogens with one attached hydrogen (secondary N) is 3. The Morgan fingerprint density at radius 3 is 2.71 bits per heavy atom. The Balaban J connectivity index is 1.75. The average Bonchev–Trinajstić information content (AvgIpc) is 2.58. The van der Waals surface area contributed by atoms with E-state index >= 15 is 0 Å². The fraction of sp³-hybridized carbons (Fsp3) is 0.176. The quantitative estimate of drug-likeness (QED) is 0.562. The highest BCUT2D eigenvalue weighted by atomic mass is 35.5. The van der Waals surface area contributed by atoms with Crippen molar-refractivity contribution in [3.8, 4) is 5.75 Å². The normalized spacial score (nSPS) is 9.92. The van der Waals surface area contributed by atoms with Crippen LogP contribution >= 0.6 is 23.8 Å². The van der Waals surface area contributed by atoms with E-state index in [1.807, 2.05) is 30.3 Å². The summed E-state index contributed by atoms with van der Waals surface area (Å²) < 4.78 is 5.26. The molecule has 0 unspecified atom stereocenters. The molecule has 3 N–H and O–H groups in total. The molecule has 0 fully saturated rings. The number of carbonyl (C=O) groups is 1. The second-order valence-electron chi connectivity index (χ2n) is 4.95. The number of anilines is 1. The van der Waals surface area contributed by atoms with Crippen molar-refractivity contribution in [2.24, 2.45) is 0 Å². The van der Waals surface area contributed by atoms with Crippen LogP contribution in [0.25, 0.3) is 0 Å².